The predicted octanol–water partition coefficient (Wildman–Crippen LogP) is 0.781. The van der Waals surface area contributed by atoms with Crippen LogP contribution in [0.5, 0.6) is 11.5 Å². The van der Waals surface area contributed by atoms with Gasteiger partial charge >= 0.3 is 0 Å². The third kappa shape index (κ3) is 2.16. The van der Waals surface area contributed by atoms with Crippen LogP contribution in [-0.4, -0.2) is 23.4 Å². The number of aliphatic hydroxyl groups is 1. The molecule has 0 fully saturated rings. The highest BCUT2D eigenvalue weighted by atomic mass is 16.5. The van der Waals surface area contributed by atoms with Gasteiger partial charge in [-0.1, -0.05) is 6.07 Å². The van der Waals surface area contributed by atoms with Gasteiger partial charge in [-0.2, -0.15) is 0 Å². The average Bonchev–Trinajstić information content (AvgIpc) is 2.17. The van der Waals surface area contributed by atoms with Gasteiger partial charge in [0.05, 0.1) is 19.3 Å². The number of nitrogens with two attached hydrogens (primary N) is 1. The Hall–Kier alpha value is -1.26. The molecular weight excluding hydrogens is 182 g/mol. The fraction of sp³-hybridized carbons (Fsp3) is 0.400. The number of phenolic OH excluding ortho intramolecular Hbond substituents is 1. The summed E-state index contributed by atoms with van der Waals surface area (Å²) < 4.78 is 4.93. The number of rotatable bonds is 3. The number of hydrogen-bond donors (Lipinski definition) is 3. The summed E-state index contributed by atoms with van der Waals surface area (Å²) in [5, 5.41) is 18.6. The molecule has 0 unspecified atom stereocenters. The first kappa shape index (κ1) is 10.8. The summed E-state index contributed by atoms with van der Waals surface area (Å²) in [4.78, 5) is 0. The van der Waals surface area contributed by atoms with Crippen molar-refractivity contribution < 1.29 is 14.9 Å². The summed E-state index contributed by atoms with van der Waals surface area (Å²) in [6.45, 7) is 1.62. The molecule has 0 aliphatic heterocycles. The van der Waals surface area contributed by atoms with Gasteiger partial charge in [-0.15, -0.1) is 0 Å². The van der Waals surface area contributed by atoms with Gasteiger partial charge < -0.3 is 20.7 Å². The maximum Gasteiger partial charge on any atom is 0.160 e. The van der Waals surface area contributed by atoms with E-state index in [1.54, 1.807) is 19.1 Å². The van der Waals surface area contributed by atoms with Crippen molar-refractivity contribution >= 4 is 0 Å². The molecule has 1 aromatic carbocycles. The molecule has 0 saturated heterocycles. The maximum atomic E-state index is 9.33. The van der Waals surface area contributed by atoms with Gasteiger partial charge in [0.2, 0.25) is 0 Å². The average molecular weight is 197 g/mol. The summed E-state index contributed by atoms with van der Waals surface area (Å²) in [6, 6.07) is 4.31. The van der Waals surface area contributed by atoms with Crippen molar-refractivity contribution in [3.8, 4) is 11.5 Å². The van der Waals surface area contributed by atoms with E-state index in [4.69, 9.17) is 10.5 Å². The molecule has 1 rings (SSSR count). The molecule has 0 spiro atoms. The fourth-order valence-corrected chi connectivity index (χ4v) is 1.18. The van der Waals surface area contributed by atoms with E-state index in [9.17, 15) is 10.2 Å². The number of hydrogen-bond acceptors (Lipinski definition) is 4. The van der Waals surface area contributed by atoms with E-state index in [2.05, 4.69) is 0 Å². The van der Waals surface area contributed by atoms with E-state index in [0.29, 0.717) is 5.75 Å². The lowest BCUT2D eigenvalue weighted by molar-refractivity contribution is 0.164. The summed E-state index contributed by atoms with van der Waals surface area (Å²) in [7, 11) is 1.47. The first-order valence-corrected chi connectivity index (χ1v) is 4.36. The van der Waals surface area contributed by atoms with E-state index in [-0.39, 0.29) is 5.75 Å². The van der Waals surface area contributed by atoms with Crippen molar-refractivity contribution in [1.82, 2.24) is 0 Å². The monoisotopic (exact) mass is 197 g/mol. The normalized spacial score (nSPS) is 14.9. The Morgan fingerprint density at radius 1 is 1.43 bits per heavy atom. The Kier molecular flexibility index (Phi) is 3.33. The van der Waals surface area contributed by atoms with Crippen molar-refractivity contribution in [3.05, 3.63) is 23.8 Å². The predicted molar refractivity (Wildman–Crippen MR) is 53.3 cm³/mol. The minimum absolute atomic E-state index is 0.0639. The topological polar surface area (TPSA) is 75.7 Å². The third-order valence-electron chi connectivity index (χ3n) is 2.11. The molecule has 4 heteroatoms. The Bertz CT molecular complexity index is 312. The zero-order valence-corrected chi connectivity index (χ0v) is 8.27. The molecule has 14 heavy (non-hydrogen) atoms. The van der Waals surface area contributed by atoms with Crippen molar-refractivity contribution in [1.29, 1.82) is 0 Å². The van der Waals surface area contributed by atoms with Crippen LogP contribution in [0.15, 0.2) is 18.2 Å². The summed E-state index contributed by atoms with van der Waals surface area (Å²) in [5.74, 6) is 0.424. The van der Waals surface area contributed by atoms with Crippen molar-refractivity contribution in [3.63, 3.8) is 0 Å². The second-order valence-electron chi connectivity index (χ2n) is 3.20. The van der Waals surface area contributed by atoms with Crippen LogP contribution in [0.1, 0.15) is 18.5 Å². The van der Waals surface area contributed by atoms with Gasteiger partial charge in [0.25, 0.3) is 0 Å². The van der Waals surface area contributed by atoms with E-state index in [1.165, 1.54) is 13.2 Å². The molecule has 1 aromatic rings. The lowest BCUT2D eigenvalue weighted by Gasteiger charge is -2.16. The zero-order chi connectivity index (χ0) is 10.7. The number of aliphatic hydroxyl groups excluding tert-OH is 1. The molecule has 2 atom stereocenters. The molecule has 0 bridgehead atoms. The molecule has 0 heterocycles. The molecule has 0 radical (unpaired) electrons. The van der Waals surface area contributed by atoms with Gasteiger partial charge in [-0.25, -0.2) is 0 Å². The number of methoxy groups -OCH3 is 1. The second-order valence-corrected chi connectivity index (χ2v) is 3.20. The Balaban J connectivity index is 3.00. The van der Waals surface area contributed by atoms with Crippen LogP contribution in [0.2, 0.25) is 0 Å². The first-order valence-electron chi connectivity index (χ1n) is 4.36. The Morgan fingerprint density at radius 3 is 2.57 bits per heavy atom. The number of aromatic hydroxyl groups is 1. The molecule has 78 valence electrons. The van der Waals surface area contributed by atoms with Gasteiger partial charge in [-0.3, -0.25) is 0 Å². The molecule has 4 nitrogen and oxygen atoms in total. The van der Waals surface area contributed by atoms with Crippen LogP contribution in [-0.2, 0) is 0 Å². The lowest BCUT2D eigenvalue weighted by atomic mass is 10.0. The number of benzene rings is 1. The van der Waals surface area contributed by atoms with Gasteiger partial charge in [0.15, 0.2) is 11.5 Å². The van der Waals surface area contributed by atoms with Gasteiger partial charge in [0, 0.05) is 0 Å². The smallest absolute Gasteiger partial charge is 0.160 e. The summed E-state index contributed by atoms with van der Waals surface area (Å²) in [5.41, 5.74) is 6.46. The van der Waals surface area contributed by atoms with Crippen molar-refractivity contribution in [2.75, 3.05) is 7.11 Å². The van der Waals surface area contributed by atoms with Crippen molar-refractivity contribution in [2.45, 2.75) is 19.1 Å². The molecular formula is C10H15NO3. The largest absolute Gasteiger partial charge is 0.504 e. The van der Waals surface area contributed by atoms with Crippen molar-refractivity contribution in [2.24, 2.45) is 5.73 Å². The lowest BCUT2D eigenvalue weighted by Crippen LogP contribution is -2.23. The highest BCUT2D eigenvalue weighted by Crippen LogP contribution is 2.28. The zero-order valence-electron chi connectivity index (χ0n) is 8.27. The number of phenols is 1. The van der Waals surface area contributed by atoms with E-state index in [0.717, 1.165) is 5.56 Å². The van der Waals surface area contributed by atoms with Crippen LogP contribution in [0, 0.1) is 0 Å². The SMILES string of the molecule is COc1cc([C@@H](N)[C@@H](C)O)ccc1O. The van der Waals surface area contributed by atoms with Gasteiger partial charge in [-0.05, 0) is 24.6 Å². The van der Waals surface area contributed by atoms with E-state index in [1.807, 2.05) is 0 Å². The highest BCUT2D eigenvalue weighted by molar-refractivity contribution is 5.42. The summed E-state index contributed by atoms with van der Waals surface area (Å²) in [6.07, 6.45) is -0.635. The third-order valence-corrected chi connectivity index (χ3v) is 2.11. The molecule has 0 aliphatic rings. The standard InChI is InChI=1S/C10H15NO3/c1-6(12)10(11)7-3-4-8(13)9(5-7)14-2/h3-6,10,12-13H,11H2,1-2H3/t6-,10+/m1/s1. The Morgan fingerprint density at radius 2 is 2.07 bits per heavy atom. The van der Waals surface area contributed by atoms with Gasteiger partial charge in [0.1, 0.15) is 0 Å². The van der Waals surface area contributed by atoms with Crippen LogP contribution in [0.4, 0.5) is 0 Å². The molecule has 0 aliphatic carbocycles. The van der Waals surface area contributed by atoms with E-state index >= 15 is 0 Å². The Labute approximate surface area is 82.9 Å². The highest BCUT2D eigenvalue weighted by Gasteiger charge is 2.13. The fourth-order valence-electron chi connectivity index (χ4n) is 1.18. The van der Waals surface area contributed by atoms with Crippen LogP contribution in [0.3, 0.4) is 0 Å². The number of ether oxygens (including phenoxy) is 1. The van der Waals surface area contributed by atoms with Crippen LogP contribution >= 0.6 is 0 Å². The molecule has 0 amide bonds. The molecule has 0 aromatic heterocycles. The van der Waals surface area contributed by atoms with E-state index < -0.39 is 12.1 Å². The summed E-state index contributed by atoms with van der Waals surface area (Å²) >= 11 is 0. The van der Waals surface area contributed by atoms with Crippen LogP contribution in [0.25, 0.3) is 0 Å². The van der Waals surface area contributed by atoms with Crippen LogP contribution < -0.4 is 10.5 Å². The second kappa shape index (κ2) is 4.30. The quantitative estimate of drug-likeness (QED) is 0.669. The maximum absolute atomic E-state index is 9.33. The minimum Gasteiger partial charge on any atom is -0.504 e. The molecule has 0 saturated carbocycles. The molecule has 4 N–H and O–H groups in total. The first-order chi connectivity index (χ1) is 6.56. The minimum atomic E-state index is -0.635.